The number of alkyl halides is 3. The number of halogens is 3. The van der Waals surface area contributed by atoms with Gasteiger partial charge in [0.1, 0.15) is 0 Å². The van der Waals surface area contributed by atoms with E-state index in [4.69, 9.17) is 0 Å². The fraction of sp³-hybridized carbons (Fsp3) is 0.552. The lowest BCUT2D eigenvalue weighted by Crippen LogP contribution is -2.17. The summed E-state index contributed by atoms with van der Waals surface area (Å²) in [7, 11) is 0. The van der Waals surface area contributed by atoms with Gasteiger partial charge in [0.25, 0.3) is 0 Å². The van der Waals surface area contributed by atoms with Gasteiger partial charge in [-0.3, -0.25) is 4.79 Å². The third kappa shape index (κ3) is 7.49. The van der Waals surface area contributed by atoms with Crippen LogP contribution in [0.2, 0.25) is 0 Å². The van der Waals surface area contributed by atoms with Crippen molar-refractivity contribution in [1.82, 2.24) is 0 Å². The van der Waals surface area contributed by atoms with Crippen LogP contribution in [0.15, 0.2) is 42.5 Å². The van der Waals surface area contributed by atoms with Crippen LogP contribution in [-0.2, 0) is 17.5 Å². The van der Waals surface area contributed by atoms with Crippen LogP contribution >= 0.6 is 0 Å². The van der Waals surface area contributed by atoms with E-state index >= 15 is 0 Å². The van der Waals surface area contributed by atoms with Crippen LogP contribution in [-0.4, -0.2) is 5.91 Å². The van der Waals surface area contributed by atoms with Gasteiger partial charge in [0, 0.05) is 24.3 Å². The Bertz CT molecular complexity index is 959. The van der Waals surface area contributed by atoms with E-state index < -0.39 is 11.7 Å². The van der Waals surface area contributed by atoms with Gasteiger partial charge in [-0.05, 0) is 72.6 Å². The predicted octanol–water partition coefficient (Wildman–Crippen LogP) is 8.66. The Balaban J connectivity index is 1.41. The van der Waals surface area contributed by atoms with Gasteiger partial charge in [-0.15, -0.1) is 0 Å². The fourth-order valence-electron chi connectivity index (χ4n) is 5.58. The molecule has 2 aromatic carbocycles. The lowest BCUT2D eigenvalue weighted by Gasteiger charge is -2.26. The van der Waals surface area contributed by atoms with Crippen LogP contribution in [0.4, 0.5) is 24.5 Å². The number of carbonyl (C=O) groups is 1. The summed E-state index contributed by atoms with van der Waals surface area (Å²) in [6.45, 7) is 0.440. The highest BCUT2D eigenvalue weighted by atomic mass is 19.4. The zero-order chi connectivity index (χ0) is 24.7. The van der Waals surface area contributed by atoms with Gasteiger partial charge in [-0.1, -0.05) is 63.5 Å². The van der Waals surface area contributed by atoms with Crippen LogP contribution in [0.3, 0.4) is 0 Å². The quantitative estimate of drug-likeness (QED) is 0.392. The molecule has 35 heavy (non-hydrogen) atoms. The molecule has 0 saturated heterocycles. The number of nitrogens with one attached hydrogen (secondary N) is 2. The molecule has 0 aliphatic heterocycles. The smallest absolute Gasteiger partial charge is 0.381 e. The average Bonchev–Trinajstić information content (AvgIpc) is 2.88. The Kier molecular flexibility index (Phi) is 8.74. The van der Waals surface area contributed by atoms with E-state index in [0.29, 0.717) is 24.8 Å². The molecule has 0 spiro atoms. The topological polar surface area (TPSA) is 41.1 Å². The van der Waals surface area contributed by atoms with Crippen molar-refractivity contribution < 1.29 is 18.0 Å². The van der Waals surface area contributed by atoms with E-state index in [1.807, 2.05) is 12.1 Å². The van der Waals surface area contributed by atoms with Crippen molar-refractivity contribution in [3.8, 4) is 0 Å². The number of hydrogen-bond acceptors (Lipinski definition) is 2. The molecule has 0 atom stereocenters. The first-order chi connectivity index (χ1) is 16.9. The molecule has 4 rings (SSSR count). The van der Waals surface area contributed by atoms with Crippen LogP contribution in [0.1, 0.15) is 99.7 Å². The zero-order valence-electron chi connectivity index (χ0n) is 20.4. The highest BCUT2D eigenvalue weighted by molar-refractivity contribution is 5.92. The number of amides is 1. The molecule has 2 aliphatic carbocycles. The average molecular weight is 487 g/mol. The van der Waals surface area contributed by atoms with E-state index in [-0.39, 0.29) is 5.91 Å². The molecule has 6 heteroatoms. The second-order valence-corrected chi connectivity index (χ2v) is 10.3. The Labute approximate surface area is 206 Å². The van der Waals surface area contributed by atoms with Gasteiger partial charge in [-0.25, -0.2) is 0 Å². The number of benzene rings is 2. The summed E-state index contributed by atoms with van der Waals surface area (Å²) in [5.74, 6) is 1.20. The maximum Gasteiger partial charge on any atom is 0.416 e. The summed E-state index contributed by atoms with van der Waals surface area (Å²) < 4.78 is 38.5. The molecule has 0 bridgehead atoms. The van der Waals surface area contributed by atoms with Crippen molar-refractivity contribution in [3.05, 3.63) is 59.2 Å². The molecular formula is C29H37F3N2O. The summed E-state index contributed by atoms with van der Waals surface area (Å²) in [5, 5.41) is 6.55. The summed E-state index contributed by atoms with van der Waals surface area (Å²) in [6, 6.07) is 11.3. The number of anilines is 2. The summed E-state index contributed by atoms with van der Waals surface area (Å²) in [5.41, 5.74) is 3.16. The fourth-order valence-corrected chi connectivity index (χ4v) is 5.58. The first-order valence-corrected chi connectivity index (χ1v) is 13.2. The Hall–Kier alpha value is -2.50. The molecule has 0 heterocycles. The molecule has 2 aromatic rings. The van der Waals surface area contributed by atoms with Crippen molar-refractivity contribution in [3.63, 3.8) is 0 Å². The molecule has 0 aromatic heterocycles. The van der Waals surface area contributed by atoms with E-state index in [2.05, 4.69) is 16.7 Å². The molecule has 2 fully saturated rings. The molecule has 190 valence electrons. The van der Waals surface area contributed by atoms with Crippen molar-refractivity contribution in [1.29, 1.82) is 0 Å². The predicted molar refractivity (Wildman–Crippen MR) is 135 cm³/mol. The monoisotopic (exact) mass is 486 g/mol. The summed E-state index contributed by atoms with van der Waals surface area (Å²) in [6.07, 6.45) is 9.51. The lowest BCUT2D eigenvalue weighted by molar-refractivity contribution is -0.137. The van der Waals surface area contributed by atoms with Gasteiger partial charge in [0.2, 0.25) is 5.91 Å². The van der Waals surface area contributed by atoms with Gasteiger partial charge in [-0.2, -0.15) is 13.2 Å². The van der Waals surface area contributed by atoms with Gasteiger partial charge in [0.15, 0.2) is 0 Å². The Morgan fingerprint density at radius 2 is 1.51 bits per heavy atom. The third-order valence-corrected chi connectivity index (χ3v) is 7.65. The second kappa shape index (κ2) is 12.0. The second-order valence-electron chi connectivity index (χ2n) is 10.3. The standard InChI is InChI=1S/C29H37F3N2O/c30-29(31,32)24-14-11-22(12-15-24)20-33-25-16-17-27(26(19-25)23-9-5-2-6-10-23)34-28(35)18-13-21-7-3-1-4-8-21/h11-12,14-17,19,21,23,33H,1-10,13,18,20H2,(H,34,35). The highest BCUT2D eigenvalue weighted by Crippen LogP contribution is 2.38. The Morgan fingerprint density at radius 1 is 0.857 bits per heavy atom. The van der Waals surface area contributed by atoms with E-state index in [0.717, 1.165) is 48.3 Å². The van der Waals surface area contributed by atoms with Crippen molar-refractivity contribution in [2.75, 3.05) is 10.6 Å². The summed E-state index contributed by atoms with van der Waals surface area (Å²) >= 11 is 0. The molecule has 3 nitrogen and oxygen atoms in total. The normalized spacial score (nSPS) is 17.8. The minimum absolute atomic E-state index is 0.0955. The highest BCUT2D eigenvalue weighted by Gasteiger charge is 2.30. The van der Waals surface area contributed by atoms with Crippen LogP contribution < -0.4 is 10.6 Å². The van der Waals surface area contributed by atoms with Gasteiger partial charge in [0.05, 0.1) is 5.56 Å². The first kappa shape index (κ1) is 25.6. The molecule has 1 amide bonds. The minimum atomic E-state index is -4.32. The first-order valence-electron chi connectivity index (χ1n) is 13.2. The number of rotatable bonds is 8. The van der Waals surface area contributed by atoms with Crippen molar-refractivity contribution in [2.24, 2.45) is 5.92 Å². The zero-order valence-corrected chi connectivity index (χ0v) is 20.4. The maximum absolute atomic E-state index is 12.8. The van der Waals surface area contributed by atoms with Gasteiger partial charge >= 0.3 is 6.18 Å². The summed E-state index contributed by atoms with van der Waals surface area (Å²) in [4.78, 5) is 12.8. The van der Waals surface area contributed by atoms with Crippen molar-refractivity contribution >= 4 is 17.3 Å². The molecule has 2 saturated carbocycles. The van der Waals surface area contributed by atoms with Crippen LogP contribution in [0, 0.1) is 5.92 Å². The molecule has 2 N–H and O–H groups in total. The van der Waals surface area contributed by atoms with Crippen molar-refractivity contribution in [2.45, 2.75) is 95.7 Å². The van der Waals surface area contributed by atoms with Crippen LogP contribution in [0.25, 0.3) is 0 Å². The van der Waals surface area contributed by atoms with E-state index in [9.17, 15) is 18.0 Å². The molecule has 0 unspecified atom stereocenters. The SMILES string of the molecule is O=C(CCC1CCCCC1)Nc1ccc(NCc2ccc(C(F)(F)F)cc2)cc1C1CCCCC1. The third-order valence-electron chi connectivity index (χ3n) is 7.65. The number of hydrogen-bond donors (Lipinski definition) is 2. The number of carbonyl (C=O) groups excluding carboxylic acids is 1. The van der Waals surface area contributed by atoms with Crippen LogP contribution in [0.5, 0.6) is 0 Å². The van der Waals surface area contributed by atoms with Gasteiger partial charge < -0.3 is 10.6 Å². The largest absolute Gasteiger partial charge is 0.416 e. The van der Waals surface area contributed by atoms with E-state index in [1.54, 1.807) is 0 Å². The molecule has 0 radical (unpaired) electrons. The minimum Gasteiger partial charge on any atom is -0.381 e. The Morgan fingerprint density at radius 3 is 2.17 bits per heavy atom. The molecular weight excluding hydrogens is 449 g/mol. The maximum atomic E-state index is 12.8. The lowest BCUT2D eigenvalue weighted by atomic mass is 9.83. The van der Waals surface area contributed by atoms with E-state index in [1.165, 1.54) is 69.1 Å². The molecule has 2 aliphatic rings.